The Kier molecular flexibility index (Phi) is 8.61. The minimum atomic E-state index is -0.972. The first-order valence-corrected chi connectivity index (χ1v) is 12.1. The van der Waals surface area contributed by atoms with Gasteiger partial charge in [0.05, 0.1) is 32.7 Å². The molecule has 1 atom stereocenters. The molecule has 0 bridgehead atoms. The van der Waals surface area contributed by atoms with Crippen molar-refractivity contribution in [3.8, 4) is 5.75 Å². The molecular weight excluding hydrogens is 486 g/mol. The SMILES string of the molecule is COc1ccc(CN(C(=O)CNC(=O)c2ccco2)[C@@H](C(=O)NCc2ccco2)c2ccc(C)cc2)cc1. The summed E-state index contributed by atoms with van der Waals surface area (Å²) in [6, 6.07) is 20.3. The second-order valence-electron chi connectivity index (χ2n) is 8.64. The highest BCUT2D eigenvalue weighted by Crippen LogP contribution is 2.25. The van der Waals surface area contributed by atoms with E-state index in [9.17, 15) is 14.4 Å². The van der Waals surface area contributed by atoms with E-state index in [0.717, 1.165) is 11.1 Å². The second kappa shape index (κ2) is 12.4. The van der Waals surface area contributed by atoms with E-state index in [0.29, 0.717) is 17.1 Å². The molecule has 38 heavy (non-hydrogen) atoms. The van der Waals surface area contributed by atoms with Crippen molar-refractivity contribution in [2.75, 3.05) is 13.7 Å². The lowest BCUT2D eigenvalue weighted by atomic mass is 10.0. The van der Waals surface area contributed by atoms with E-state index in [1.54, 1.807) is 37.4 Å². The fraction of sp³-hybridized carbons (Fsp3) is 0.207. The van der Waals surface area contributed by atoms with Gasteiger partial charge in [0, 0.05) is 6.54 Å². The van der Waals surface area contributed by atoms with Crippen LogP contribution in [-0.4, -0.2) is 36.3 Å². The number of methoxy groups -OCH3 is 1. The molecule has 4 rings (SSSR count). The number of hydrogen-bond donors (Lipinski definition) is 2. The average molecular weight is 516 g/mol. The molecule has 9 nitrogen and oxygen atoms in total. The third-order valence-corrected chi connectivity index (χ3v) is 5.95. The van der Waals surface area contributed by atoms with E-state index in [2.05, 4.69) is 10.6 Å². The number of rotatable bonds is 11. The predicted octanol–water partition coefficient (Wildman–Crippen LogP) is 4.01. The van der Waals surface area contributed by atoms with Crippen molar-refractivity contribution in [1.82, 2.24) is 15.5 Å². The summed E-state index contributed by atoms with van der Waals surface area (Å²) in [6.45, 7) is 1.89. The minimum Gasteiger partial charge on any atom is -0.497 e. The van der Waals surface area contributed by atoms with Crippen molar-refractivity contribution >= 4 is 17.7 Å². The molecule has 0 aliphatic carbocycles. The highest BCUT2D eigenvalue weighted by Gasteiger charge is 2.32. The van der Waals surface area contributed by atoms with Gasteiger partial charge >= 0.3 is 0 Å². The van der Waals surface area contributed by atoms with Crippen LogP contribution in [0.2, 0.25) is 0 Å². The quantitative estimate of drug-likeness (QED) is 0.312. The molecule has 0 spiro atoms. The maximum Gasteiger partial charge on any atom is 0.287 e. The van der Waals surface area contributed by atoms with Gasteiger partial charge in [-0.3, -0.25) is 14.4 Å². The van der Waals surface area contributed by atoms with Crippen LogP contribution >= 0.6 is 0 Å². The van der Waals surface area contributed by atoms with Gasteiger partial charge in [-0.05, 0) is 54.4 Å². The molecule has 0 unspecified atom stereocenters. The van der Waals surface area contributed by atoms with E-state index < -0.39 is 17.9 Å². The number of carbonyl (C=O) groups excluding carboxylic acids is 3. The molecule has 2 N–H and O–H groups in total. The zero-order chi connectivity index (χ0) is 26.9. The Morgan fingerprint density at radius 3 is 2.24 bits per heavy atom. The summed E-state index contributed by atoms with van der Waals surface area (Å²) in [4.78, 5) is 41.1. The lowest BCUT2D eigenvalue weighted by Crippen LogP contribution is -2.46. The van der Waals surface area contributed by atoms with Crippen molar-refractivity contribution in [3.05, 3.63) is 114 Å². The molecule has 0 saturated heterocycles. The second-order valence-corrected chi connectivity index (χ2v) is 8.64. The summed E-state index contributed by atoms with van der Waals surface area (Å²) in [7, 11) is 1.57. The van der Waals surface area contributed by atoms with Gasteiger partial charge in [-0.2, -0.15) is 0 Å². The third kappa shape index (κ3) is 6.70. The first kappa shape index (κ1) is 26.3. The Balaban J connectivity index is 1.63. The number of ether oxygens (including phenoxy) is 1. The van der Waals surface area contributed by atoms with Gasteiger partial charge in [0.2, 0.25) is 11.8 Å². The third-order valence-electron chi connectivity index (χ3n) is 5.95. The molecule has 2 aromatic heterocycles. The average Bonchev–Trinajstić information content (AvgIpc) is 3.66. The number of amides is 3. The summed E-state index contributed by atoms with van der Waals surface area (Å²) in [5, 5.41) is 5.46. The van der Waals surface area contributed by atoms with Crippen molar-refractivity contribution in [2.24, 2.45) is 0 Å². The van der Waals surface area contributed by atoms with Gasteiger partial charge in [-0.15, -0.1) is 0 Å². The fourth-order valence-electron chi connectivity index (χ4n) is 3.91. The predicted molar refractivity (Wildman–Crippen MR) is 139 cm³/mol. The van der Waals surface area contributed by atoms with Crippen LogP contribution in [0, 0.1) is 6.92 Å². The van der Waals surface area contributed by atoms with Crippen molar-refractivity contribution in [3.63, 3.8) is 0 Å². The highest BCUT2D eigenvalue weighted by molar-refractivity contribution is 5.95. The Labute approximate surface area is 220 Å². The highest BCUT2D eigenvalue weighted by atomic mass is 16.5. The smallest absolute Gasteiger partial charge is 0.287 e. The van der Waals surface area contributed by atoms with Gasteiger partial charge in [-0.1, -0.05) is 42.0 Å². The van der Waals surface area contributed by atoms with Crippen molar-refractivity contribution < 1.29 is 28.0 Å². The maximum absolute atomic E-state index is 13.6. The van der Waals surface area contributed by atoms with E-state index in [1.165, 1.54) is 23.5 Å². The maximum atomic E-state index is 13.6. The van der Waals surface area contributed by atoms with Gasteiger partial charge in [0.15, 0.2) is 5.76 Å². The summed E-state index contributed by atoms with van der Waals surface area (Å²) in [5.41, 5.74) is 2.43. The molecule has 2 heterocycles. The number of carbonyl (C=O) groups is 3. The molecule has 4 aromatic rings. The first-order chi connectivity index (χ1) is 18.4. The van der Waals surface area contributed by atoms with Crippen LogP contribution in [0.1, 0.15) is 39.0 Å². The van der Waals surface area contributed by atoms with Crippen LogP contribution in [0.3, 0.4) is 0 Å². The molecule has 196 valence electrons. The summed E-state index contributed by atoms with van der Waals surface area (Å²) in [6.07, 6.45) is 2.91. The van der Waals surface area contributed by atoms with E-state index >= 15 is 0 Å². The van der Waals surface area contributed by atoms with Crippen molar-refractivity contribution in [1.29, 1.82) is 0 Å². The molecule has 0 radical (unpaired) electrons. The van der Waals surface area contributed by atoms with Gasteiger partial charge in [0.1, 0.15) is 17.6 Å². The van der Waals surface area contributed by atoms with E-state index in [1.807, 2.05) is 43.3 Å². The van der Waals surface area contributed by atoms with Crippen LogP contribution in [0.5, 0.6) is 5.75 Å². The molecule has 0 aliphatic rings. The van der Waals surface area contributed by atoms with Crippen molar-refractivity contribution in [2.45, 2.75) is 26.1 Å². The number of nitrogens with one attached hydrogen (secondary N) is 2. The molecule has 3 amide bonds. The number of benzene rings is 2. The number of aryl methyl sites for hydroxylation is 1. The zero-order valence-electron chi connectivity index (χ0n) is 21.2. The molecule has 9 heteroatoms. The summed E-state index contributed by atoms with van der Waals surface area (Å²) < 4.78 is 15.7. The normalized spacial score (nSPS) is 11.4. The molecule has 0 saturated carbocycles. The van der Waals surface area contributed by atoms with Gasteiger partial charge in [0.25, 0.3) is 5.91 Å². The van der Waals surface area contributed by atoms with Crippen LogP contribution < -0.4 is 15.4 Å². The first-order valence-electron chi connectivity index (χ1n) is 12.1. The molecule has 2 aromatic carbocycles. The number of hydrogen-bond acceptors (Lipinski definition) is 6. The molecule has 0 aliphatic heterocycles. The van der Waals surface area contributed by atoms with Crippen LogP contribution in [0.25, 0.3) is 0 Å². The van der Waals surface area contributed by atoms with Crippen LogP contribution in [0.4, 0.5) is 0 Å². The minimum absolute atomic E-state index is 0.0887. The summed E-state index contributed by atoms with van der Waals surface area (Å²) >= 11 is 0. The standard InChI is InChI=1S/C29H29N3O6/c1-20-7-11-22(12-8-20)27(29(35)30-17-24-5-3-15-37-24)32(19-21-9-13-23(36-2)14-10-21)26(33)18-31-28(34)25-6-4-16-38-25/h3-16,27H,17-19H2,1-2H3,(H,30,35)(H,31,34)/t27-/m1/s1. The van der Waals surface area contributed by atoms with E-state index in [4.69, 9.17) is 13.6 Å². The van der Waals surface area contributed by atoms with Gasteiger partial charge < -0.3 is 29.1 Å². The van der Waals surface area contributed by atoms with Crippen LogP contribution in [0.15, 0.2) is 94.2 Å². The van der Waals surface area contributed by atoms with Crippen LogP contribution in [-0.2, 0) is 22.7 Å². The summed E-state index contributed by atoms with van der Waals surface area (Å²) in [5.74, 6) is -0.0139. The fourth-order valence-corrected chi connectivity index (χ4v) is 3.91. The Morgan fingerprint density at radius 2 is 1.61 bits per heavy atom. The van der Waals surface area contributed by atoms with Gasteiger partial charge in [-0.25, -0.2) is 0 Å². The largest absolute Gasteiger partial charge is 0.497 e. The monoisotopic (exact) mass is 515 g/mol. The number of furan rings is 2. The topological polar surface area (TPSA) is 114 Å². The molecule has 0 fully saturated rings. The molecular formula is C29H29N3O6. The number of nitrogens with zero attached hydrogens (tertiary/aromatic N) is 1. The lowest BCUT2D eigenvalue weighted by Gasteiger charge is -2.32. The Morgan fingerprint density at radius 1 is 0.895 bits per heavy atom. The Hall–Kier alpha value is -4.79. The van der Waals surface area contributed by atoms with E-state index in [-0.39, 0.29) is 31.3 Å². The zero-order valence-corrected chi connectivity index (χ0v) is 21.2. The Bertz CT molecular complexity index is 1330. The lowest BCUT2D eigenvalue weighted by molar-refractivity contribution is -0.141.